The van der Waals surface area contributed by atoms with Gasteiger partial charge in [0.05, 0.1) is 0 Å². The van der Waals surface area contributed by atoms with Crippen molar-refractivity contribution in [1.29, 1.82) is 0 Å². The molecule has 0 atom stereocenters. The number of para-hydroxylation sites is 1. The molecule has 1 aromatic rings. The molecule has 0 saturated heterocycles. The topological polar surface area (TPSA) is 101 Å². The van der Waals surface area contributed by atoms with E-state index in [1.54, 1.807) is 24.3 Å². The Labute approximate surface area is 74.4 Å². The largest absolute Gasteiger partial charge is 0.503 e. The molecule has 5 heteroatoms. The van der Waals surface area contributed by atoms with Crippen LogP contribution in [-0.4, -0.2) is 22.7 Å². The molecule has 13 heavy (non-hydrogen) atoms. The van der Waals surface area contributed by atoms with Crippen LogP contribution >= 0.6 is 0 Å². The molecule has 0 aliphatic rings. The molecule has 0 heterocycles. The van der Waals surface area contributed by atoms with Gasteiger partial charge in [-0.15, -0.1) is 0 Å². The second-order valence-electron chi connectivity index (χ2n) is 2.03. The smallest absolute Gasteiger partial charge is 0.450 e. The minimum absolute atomic E-state index is 0.535. The predicted molar refractivity (Wildman–Crippen MR) is 46.9 cm³/mol. The summed E-state index contributed by atoms with van der Waals surface area (Å²) in [4.78, 5) is 18.7. The van der Waals surface area contributed by atoms with Gasteiger partial charge < -0.3 is 15.9 Å². The summed E-state index contributed by atoms with van der Waals surface area (Å²) in [6.45, 7) is 0. The van der Waals surface area contributed by atoms with Crippen molar-refractivity contribution in [3.8, 4) is 0 Å². The summed E-state index contributed by atoms with van der Waals surface area (Å²) in [7, 11) is 0. The molecule has 0 bridgehead atoms. The Hall–Kier alpha value is -2.04. The van der Waals surface area contributed by atoms with Gasteiger partial charge in [-0.05, 0) is 12.1 Å². The lowest BCUT2D eigenvalue weighted by Crippen LogP contribution is -1.90. The molecule has 0 amide bonds. The SMILES string of the molecule is Nc1ccccc1C=O.O=C(O)O. The lowest BCUT2D eigenvalue weighted by molar-refractivity contribution is 0.112. The molecule has 5 nitrogen and oxygen atoms in total. The number of carbonyl (C=O) groups is 2. The fourth-order valence-electron chi connectivity index (χ4n) is 0.618. The average Bonchev–Trinajstić information content (AvgIpc) is 2.04. The Bertz CT molecular complexity index is 294. The summed E-state index contributed by atoms with van der Waals surface area (Å²) in [5.41, 5.74) is 6.49. The summed E-state index contributed by atoms with van der Waals surface area (Å²) in [6, 6.07) is 6.95. The Balaban J connectivity index is 0.000000310. The zero-order chi connectivity index (χ0) is 10.3. The van der Waals surface area contributed by atoms with Crippen molar-refractivity contribution in [2.45, 2.75) is 0 Å². The first-order chi connectivity index (χ1) is 6.07. The Kier molecular flexibility index (Phi) is 4.71. The number of rotatable bonds is 1. The van der Waals surface area contributed by atoms with Crippen molar-refractivity contribution in [2.24, 2.45) is 0 Å². The fourth-order valence-corrected chi connectivity index (χ4v) is 0.618. The van der Waals surface area contributed by atoms with Crippen LogP contribution in [0.2, 0.25) is 0 Å². The molecule has 0 fully saturated rings. The second-order valence-corrected chi connectivity index (χ2v) is 2.03. The average molecular weight is 183 g/mol. The van der Waals surface area contributed by atoms with Gasteiger partial charge in [-0.2, -0.15) is 0 Å². The van der Waals surface area contributed by atoms with Gasteiger partial charge in [0.2, 0.25) is 0 Å². The van der Waals surface area contributed by atoms with Crippen LogP contribution in [0.3, 0.4) is 0 Å². The van der Waals surface area contributed by atoms with E-state index in [1.807, 2.05) is 0 Å². The number of hydrogen-bond acceptors (Lipinski definition) is 3. The highest BCUT2D eigenvalue weighted by Crippen LogP contribution is 2.05. The first-order valence-corrected chi connectivity index (χ1v) is 3.29. The Morgan fingerprint density at radius 3 is 2.08 bits per heavy atom. The number of nitrogen functional groups attached to an aromatic ring is 1. The molecular formula is C8H9NO4. The number of anilines is 1. The quantitative estimate of drug-likeness (QED) is 0.450. The van der Waals surface area contributed by atoms with Crippen LogP contribution in [0.1, 0.15) is 10.4 Å². The van der Waals surface area contributed by atoms with E-state index in [9.17, 15) is 4.79 Å². The number of carboxylic acid groups (broad SMARTS) is 2. The van der Waals surface area contributed by atoms with Gasteiger partial charge in [0.25, 0.3) is 0 Å². The highest BCUT2D eigenvalue weighted by atomic mass is 16.6. The van der Waals surface area contributed by atoms with Crippen molar-refractivity contribution in [2.75, 3.05) is 5.73 Å². The minimum Gasteiger partial charge on any atom is -0.450 e. The van der Waals surface area contributed by atoms with E-state index in [4.69, 9.17) is 20.7 Å². The van der Waals surface area contributed by atoms with E-state index in [0.29, 0.717) is 11.3 Å². The maximum atomic E-state index is 10.1. The number of hydrogen-bond donors (Lipinski definition) is 3. The van der Waals surface area contributed by atoms with Crippen LogP contribution in [0.4, 0.5) is 10.5 Å². The molecule has 0 aromatic heterocycles. The minimum atomic E-state index is -1.83. The maximum Gasteiger partial charge on any atom is 0.503 e. The summed E-state index contributed by atoms with van der Waals surface area (Å²) in [5.74, 6) is 0. The van der Waals surface area contributed by atoms with E-state index in [1.165, 1.54) is 0 Å². The number of benzene rings is 1. The molecule has 0 unspecified atom stereocenters. The number of carbonyl (C=O) groups excluding carboxylic acids is 1. The van der Waals surface area contributed by atoms with E-state index in [-0.39, 0.29) is 0 Å². The van der Waals surface area contributed by atoms with Crippen molar-refractivity contribution < 1.29 is 19.8 Å². The van der Waals surface area contributed by atoms with Gasteiger partial charge in [-0.3, -0.25) is 4.79 Å². The maximum absolute atomic E-state index is 10.1. The third-order valence-electron chi connectivity index (χ3n) is 1.12. The predicted octanol–water partition coefficient (Wildman–Crippen LogP) is 1.30. The molecular weight excluding hydrogens is 174 g/mol. The number of nitrogens with two attached hydrogens (primary N) is 1. The summed E-state index contributed by atoms with van der Waals surface area (Å²) in [5, 5.41) is 13.9. The molecule has 1 rings (SSSR count). The summed E-state index contributed by atoms with van der Waals surface area (Å²) in [6.07, 6.45) is -1.09. The molecule has 0 radical (unpaired) electrons. The Morgan fingerprint density at radius 1 is 1.31 bits per heavy atom. The van der Waals surface area contributed by atoms with Crippen LogP contribution in [0.5, 0.6) is 0 Å². The number of aldehydes is 1. The lowest BCUT2D eigenvalue weighted by atomic mass is 10.2. The standard InChI is InChI=1S/C7H7NO.CH2O3/c8-7-4-2-1-3-6(7)5-9;2-1(3)4/h1-5H,8H2;(H2,2,3,4). The summed E-state index contributed by atoms with van der Waals surface area (Å²) >= 11 is 0. The van der Waals surface area contributed by atoms with Gasteiger partial charge in [0, 0.05) is 11.3 Å². The highest BCUT2D eigenvalue weighted by molar-refractivity contribution is 5.82. The van der Waals surface area contributed by atoms with Crippen LogP contribution in [0.15, 0.2) is 24.3 Å². The van der Waals surface area contributed by atoms with E-state index in [0.717, 1.165) is 6.29 Å². The monoisotopic (exact) mass is 183 g/mol. The van der Waals surface area contributed by atoms with Crippen LogP contribution < -0.4 is 5.73 Å². The molecule has 1 aromatic carbocycles. The zero-order valence-electron chi connectivity index (χ0n) is 6.68. The van der Waals surface area contributed by atoms with Gasteiger partial charge in [0.15, 0.2) is 6.29 Å². The van der Waals surface area contributed by atoms with E-state index >= 15 is 0 Å². The molecule has 0 aliphatic carbocycles. The van der Waals surface area contributed by atoms with Crippen molar-refractivity contribution in [3.05, 3.63) is 29.8 Å². The van der Waals surface area contributed by atoms with E-state index in [2.05, 4.69) is 0 Å². The zero-order valence-corrected chi connectivity index (χ0v) is 6.68. The second kappa shape index (κ2) is 5.59. The Morgan fingerprint density at radius 2 is 1.77 bits per heavy atom. The fraction of sp³-hybridized carbons (Fsp3) is 0. The van der Waals surface area contributed by atoms with Crippen LogP contribution in [0, 0.1) is 0 Å². The van der Waals surface area contributed by atoms with Crippen molar-refractivity contribution >= 4 is 18.1 Å². The normalized spacial score (nSPS) is 8.00. The van der Waals surface area contributed by atoms with Crippen LogP contribution in [0.25, 0.3) is 0 Å². The van der Waals surface area contributed by atoms with Gasteiger partial charge >= 0.3 is 6.16 Å². The van der Waals surface area contributed by atoms with Gasteiger partial charge in [-0.25, -0.2) is 4.79 Å². The van der Waals surface area contributed by atoms with Crippen LogP contribution in [-0.2, 0) is 0 Å². The third-order valence-corrected chi connectivity index (χ3v) is 1.12. The molecule has 0 spiro atoms. The molecule has 0 saturated carbocycles. The van der Waals surface area contributed by atoms with Crippen molar-refractivity contribution in [1.82, 2.24) is 0 Å². The molecule has 4 N–H and O–H groups in total. The first kappa shape index (κ1) is 11.0. The lowest BCUT2D eigenvalue weighted by Gasteiger charge is -1.92. The summed E-state index contributed by atoms with van der Waals surface area (Å²) < 4.78 is 0. The third kappa shape index (κ3) is 5.25. The van der Waals surface area contributed by atoms with E-state index < -0.39 is 6.16 Å². The van der Waals surface area contributed by atoms with Crippen molar-refractivity contribution in [3.63, 3.8) is 0 Å². The molecule has 70 valence electrons. The highest BCUT2D eigenvalue weighted by Gasteiger charge is 1.90. The van der Waals surface area contributed by atoms with Gasteiger partial charge in [0.1, 0.15) is 0 Å². The first-order valence-electron chi connectivity index (χ1n) is 3.29. The van der Waals surface area contributed by atoms with Gasteiger partial charge in [-0.1, -0.05) is 12.1 Å². The molecule has 0 aliphatic heterocycles.